The van der Waals surface area contributed by atoms with E-state index < -0.39 is 27.5 Å². The second-order valence-electron chi connectivity index (χ2n) is 8.48. The number of alkyl halides is 5. The Balaban J connectivity index is 1.65. The van der Waals surface area contributed by atoms with Crippen molar-refractivity contribution in [3.63, 3.8) is 0 Å². The van der Waals surface area contributed by atoms with E-state index in [4.69, 9.17) is 4.78 Å². The molecule has 4 aromatic rings. The largest absolute Gasteiger partial charge is 0.459 e. The van der Waals surface area contributed by atoms with E-state index in [0.717, 1.165) is 12.8 Å². The lowest BCUT2D eigenvalue weighted by molar-refractivity contribution is -0.291. The molecule has 0 bridgehead atoms. The van der Waals surface area contributed by atoms with Gasteiger partial charge >= 0.3 is 12.1 Å². The molecule has 36 heavy (non-hydrogen) atoms. The van der Waals surface area contributed by atoms with Gasteiger partial charge in [-0.05, 0) is 25.0 Å². The van der Waals surface area contributed by atoms with Gasteiger partial charge in [0, 0.05) is 36.3 Å². The van der Waals surface area contributed by atoms with Crippen molar-refractivity contribution in [3.8, 4) is 22.6 Å². The highest BCUT2D eigenvalue weighted by Gasteiger charge is 2.60. The molecule has 1 saturated carbocycles. The van der Waals surface area contributed by atoms with Gasteiger partial charge < -0.3 is 4.57 Å². The summed E-state index contributed by atoms with van der Waals surface area (Å²) >= 11 is 0. The van der Waals surface area contributed by atoms with E-state index in [9.17, 15) is 26.2 Å². The number of rotatable bonds is 6. The minimum absolute atomic E-state index is 0.00424. The van der Waals surface area contributed by atoms with Crippen molar-refractivity contribution in [3.05, 3.63) is 36.4 Å². The zero-order valence-corrected chi connectivity index (χ0v) is 19.7. The van der Waals surface area contributed by atoms with Crippen LogP contribution in [0.5, 0.6) is 0 Å². The smallest absolute Gasteiger partial charge is 0.309 e. The first kappa shape index (κ1) is 24.2. The Morgan fingerprint density at radius 1 is 1.11 bits per heavy atom. The summed E-state index contributed by atoms with van der Waals surface area (Å²) < 4.78 is 90.8. The SMILES string of the molecule is CCS(=N)(=O)c1cc(-c2cnn(C3CC3)c2)cnc1-c1nc2cc(C(F)(F)C(F)(F)F)nnc2n1C. The summed E-state index contributed by atoms with van der Waals surface area (Å²) in [6.07, 6.45) is 1.17. The summed E-state index contributed by atoms with van der Waals surface area (Å²) in [6, 6.07) is 2.40. The van der Waals surface area contributed by atoms with E-state index in [1.807, 2.05) is 10.9 Å². The summed E-state index contributed by atoms with van der Waals surface area (Å²) in [5, 5.41) is 10.9. The van der Waals surface area contributed by atoms with E-state index in [2.05, 4.69) is 25.3 Å². The quantitative estimate of drug-likeness (QED) is 0.364. The number of aromatic nitrogens is 7. The molecule has 0 saturated heterocycles. The maximum Gasteiger partial charge on any atom is 0.459 e. The van der Waals surface area contributed by atoms with Crippen molar-refractivity contribution in [2.75, 3.05) is 5.75 Å². The molecule has 0 spiro atoms. The number of fused-ring (bicyclic) bond motifs is 1. The van der Waals surface area contributed by atoms with Crippen LogP contribution in [0.15, 0.2) is 35.6 Å². The number of pyridine rings is 1. The highest BCUT2D eigenvalue weighted by molar-refractivity contribution is 7.92. The van der Waals surface area contributed by atoms with Gasteiger partial charge in [-0.3, -0.25) is 9.67 Å². The molecule has 1 atom stereocenters. The molecule has 9 nitrogen and oxygen atoms in total. The molecule has 0 aromatic carbocycles. The molecule has 4 heterocycles. The second kappa shape index (κ2) is 8.01. The van der Waals surface area contributed by atoms with Crippen LogP contribution in [0.1, 0.15) is 31.5 Å². The van der Waals surface area contributed by atoms with E-state index in [1.54, 1.807) is 19.2 Å². The summed E-state index contributed by atoms with van der Waals surface area (Å²) in [5.41, 5.74) is -0.650. The Hall–Kier alpha value is -3.49. The molecule has 4 aromatic heterocycles. The number of halogens is 5. The fourth-order valence-corrected chi connectivity index (χ4v) is 4.78. The maximum atomic E-state index is 13.8. The average Bonchev–Trinajstić information content (AvgIpc) is 3.47. The lowest BCUT2D eigenvalue weighted by atomic mass is 10.1. The molecule has 190 valence electrons. The van der Waals surface area contributed by atoms with Crippen molar-refractivity contribution < 1.29 is 26.2 Å². The number of hydrogen-bond acceptors (Lipinski definition) is 7. The second-order valence-corrected chi connectivity index (χ2v) is 10.8. The van der Waals surface area contributed by atoms with Gasteiger partial charge in [-0.15, -0.1) is 10.2 Å². The van der Waals surface area contributed by atoms with E-state index >= 15 is 0 Å². The third kappa shape index (κ3) is 3.90. The van der Waals surface area contributed by atoms with Gasteiger partial charge in [-0.25, -0.2) is 14.0 Å². The first-order chi connectivity index (χ1) is 16.8. The number of nitrogens with zero attached hydrogens (tertiary/aromatic N) is 7. The lowest BCUT2D eigenvalue weighted by Crippen LogP contribution is -2.34. The molecule has 15 heteroatoms. The summed E-state index contributed by atoms with van der Waals surface area (Å²) in [5.74, 6) is -5.27. The van der Waals surface area contributed by atoms with Gasteiger partial charge in [-0.2, -0.15) is 27.1 Å². The molecule has 1 fully saturated rings. The summed E-state index contributed by atoms with van der Waals surface area (Å²) in [4.78, 5) is 8.59. The van der Waals surface area contributed by atoms with Crippen LogP contribution in [0.3, 0.4) is 0 Å². The fraction of sp³-hybridized carbons (Fsp3) is 0.381. The molecule has 5 rings (SSSR count). The van der Waals surface area contributed by atoms with Gasteiger partial charge in [0.05, 0.1) is 26.9 Å². The molecule has 1 N–H and O–H groups in total. The predicted octanol–water partition coefficient (Wildman–Crippen LogP) is 4.70. The molecule has 1 unspecified atom stereocenters. The monoisotopic (exact) mass is 526 g/mol. The van der Waals surface area contributed by atoms with Crippen molar-refractivity contribution in [1.82, 2.24) is 34.5 Å². The normalized spacial score (nSPS) is 16.4. The Kier molecular flexibility index (Phi) is 5.39. The number of nitrogens with one attached hydrogen (secondary N) is 1. The fourth-order valence-electron chi connectivity index (χ4n) is 3.70. The van der Waals surface area contributed by atoms with Crippen LogP contribution in [-0.4, -0.2) is 50.7 Å². The number of aryl methyl sites for hydroxylation is 1. The van der Waals surface area contributed by atoms with Gasteiger partial charge in [0.2, 0.25) is 0 Å². The molecule has 0 aliphatic heterocycles. The molecule has 1 aliphatic rings. The standard InChI is InChI=1S/C21H19F5N8OS/c1-3-36(27,35)15-6-11(12-9-29-34(10-12)13-4-5-13)8-28-17(15)19-30-14-7-16(20(22,23)21(24,25)26)31-32-18(14)33(19)2/h6-10,13,27H,3-5H2,1-2H3. The first-order valence-corrected chi connectivity index (χ1v) is 12.5. The zero-order valence-electron chi connectivity index (χ0n) is 18.9. The summed E-state index contributed by atoms with van der Waals surface area (Å²) in [7, 11) is -1.92. The maximum absolute atomic E-state index is 13.8. The Labute approximate surface area is 201 Å². The van der Waals surface area contributed by atoms with Crippen molar-refractivity contribution in [2.24, 2.45) is 7.05 Å². The highest BCUT2D eigenvalue weighted by Crippen LogP contribution is 2.43. The van der Waals surface area contributed by atoms with E-state index in [-0.39, 0.29) is 33.3 Å². The third-order valence-electron chi connectivity index (χ3n) is 5.98. The highest BCUT2D eigenvalue weighted by atomic mass is 32.2. The van der Waals surface area contributed by atoms with Crippen LogP contribution in [0.2, 0.25) is 0 Å². The van der Waals surface area contributed by atoms with Crippen LogP contribution in [0.25, 0.3) is 33.8 Å². The number of imidazole rings is 1. The zero-order chi connectivity index (χ0) is 26.0. The first-order valence-electron chi connectivity index (χ1n) is 10.8. The van der Waals surface area contributed by atoms with Gasteiger partial charge in [-0.1, -0.05) is 6.92 Å². The third-order valence-corrected chi connectivity index (χ3v) is 7.81. The van der Waals surface area contributed by atoms with E-state index in [0.29, 0.717) is 23.2 Å². The predicted molar refractivity (Wildman–Crippen MR) is 119 cm³/mol. The molecular weight excluding hydrogens is 507 g/mol. The summed E-state index contributed by atoms with van der Waals surface area (Å²) in [6.45, 7) is 1.57. The Bertz CT molecular complexity index is 1590. The van der Waals surface area contributed by atoms with Crippen LogP contribution in [0, 0.1) is 4.78 Å². The average molecular weight is 526 g/mol. The van der Waals surface area contributed by atoms with Gasteiger partial charge in [0.1, 0.15) is 16.9 Å². The van der Waals surface area contributed by atoms with Crippen molar-refractivity contribution in [1.29, 1.82) is 4.78 Å². The number of hydrogen-bond donors (Lipinski definition) is 1. The van der Waals surface area contributed by atoms with Gasteiger partial charge in [0.25, 0.3) is 0 Å². The Morgan fingerprint density at radius 3 is 2.47 bits per heavy atom. The topological polar surface area (TPSA) is 115 Å². The minimum Gasteiger partial charge on any atom is -0.309 e. The van der Waals surface area contributed by atoms with Crippen molar-refractivity contribution in [2.45, 2.75) is 42.8 Å². The van der Waals surface area contributed by atoms with Crippen LogP contribution >= 0.6 is 0 Å². The Morgan fingerprint density at radius 2 is 1.83 bits per heavy atom. The lowest BCUT2D eigenvalue weighted by Gasteiger charge is -2.17. The molecule has 0 radical (unpaired) electrons. The molecule has 0 amide bonds. The van der Waals surface area contributed by atoms with Crippen LogP contribution in [0.4, 0.5) is 22.0 Å². The van der Waals surface area contributed by atoms with E-state index in [1.165, 1.54) is 17.8 Å². The molecule has 1 aliphatic carbocycles. The minimum atomic E-state index is -5.86. The molecular formula is C21H19F5N8OS. The van der Waals surface area contributed by atoms with Crippen LogP contribution < -0.4 is 0 Å². The van der Waals surface area contributed by atoms with Crippen LogP contribution in [-0.2, 0) is 22.7 Å². The van der Waals surface area contributed by atoms with Gasteiger partial charge in [0.15, 0.2) is 11.5 Å². The van der Waals surface area contributed by atoms with Crippen molar-refractivity contribution >= 4 is 20.9 Å².